The Bertz CT molecular complexity index is 662. The van der Waals surface area contributed by atoms with Crippen molar-refractivity contribution < 1.29 is 9.53 Å². The first kappa shape index (κ1) is 20.6. The average Bonchev–Trinajstić information content (AvgIpc) is 2.86. The molecule has 2 rings (SSSR count). The average molecular weight is 380 g/mol. The maximum absolute atomic E-state index is 12.4. The molecule has 1 saturated heterocycles. The number of nitrogens with zero attached hydrogens (tertiary/aromatic N) is 1. The van der Waals surface area contributed by atoms with Crippen molar-refractivity contribution >= 4 is 17.6 Å². The van der Waals surface area contributed by atoms with Crippen LogP contribution in [0.1, 0.15) is 47.0 Å². The van der Waals surface area contributed by atoms with Crippen molar-refractivity contribution in [2.75, 3.05) is 13.2 Å². The Morgan fingerprint density at radius 2 is 2.08 bits per heavy atom. The molecule has 6 heteroatoms. The summed E-state index contributed by atoms with van der Waals surface area (Å²) in [5.41, 5.74) is 1.52. The molecular formula is C20H30ClN3O2. The van der Waals surface area contributed by atoms with Gasteiger partial charge in [-0.05, 0) is 39.7 Å². The van der Waals surface area contributed by atoms with Crippen molar-refractivity contribution in [1.82, 2.24) is 10.3 Å². The summed E-state index contributed by atoms with van der Waals surface area (Å²) in [4.78, 5) is 12.4. The first-order valence-corrected chi connectivity index (χ1v) is 9.58. The Labute approximate surface area is 161 Å². The molecule has 0 aromatic heterocycles. The third-order valence-electron chi connectivity index (χ3n) is 4.91. The molecule has 0 radical (unpaired) electrons. The summed E-state index contributed by atoms with van der Waals surface area (Å²) in [7, 11) is 0. The quantitative estimate of drug-likeness (QED) is 0.442. The number of hydrogen-bond donors (Lipinski definition) is 2. The van der Waals surface area contributed by atoms with E-state index in [1.54, 1.807) is 11.9 Å². The Morgan fingerprint density at radius 3 is 2.73 bits per heavy atom. The Balaban J connectivity index is 2.35. The third-order valence-corrected chi connectivity index (χ3v) is 5.17. The van der Waals surface area contributed by atoms with Crippen LogP contribution in [0.25, 0.3) is 0 Å². The molecular weight excluding hydrogens is 350 g/mol. The summed E-state index contributed by atoms with van der Waals surface area (Å²) < 4.78 is 5.21. The minimum atomic E-state index is -0.330. The van der Waals surface area contributed by atoms with Crippen LogP contribution >= 0.6 is 11.6 Å². The first-order valence-electron chi connectivity index (χ1n) is 9.21. The van der Waals surface area contributed by atoms with E-state index in [2.05, 4.69) is 25.2 Å². The molecule has 144 valence electrons. The van der Waals surface area contributed by atoms with Gasteiger partial charge in [0.2, 0.25) is 0 Å². The van der Waals surface area contributed by atoms with Gasteiger partial charge in [0.05, 0.1) is 17.7 Å². The molecule has 0 bridgehead atoms. The van der Waals surface area contributed by atoms with Crippen molar-refractivity contribution in [1.29, 1.82) is 0 Å². The summed E-state index contributed by atoms with van der Waals surface area (Å²) in [6.07, 6.45) is 10.2. The second-order valence-electron chi connectivity index (χ2n) is 7.28. The number of nitrogens with two attached hydrogens (primary N) is 1. The summed E-state index contributed by atoms with van der Waals surface area (Å²) in [6, 6.07) is 0. The number of hydrogen-bond acceptors (Lipinski definition) is 5. The van der Waals surface area contributed by atoms with Gasteiger partial charge in [-0.25, -0.2) is 10.6 Å². The lowest BCUT2D eigenvalue weighted by molar-refractivity contribution is -0.138. The largest absolute Gasteiger partial charge is 0.463 e. The topological polar surface area (TPSA) is 67.6 Å². The monoisotopic (exact) mass is 379 g/mol. The smallest absolute Gasteiger partial charge is 0.337 e. The zero-order chi connectivity index (χ0) is 19.3. The lowest BCUT2D eigenvalue weighted by Gasteiger charge is -2.37. The lowest BCUT2D eigenvalue weighted by atomic mass is 9.84. The van der Waals surface area contributed by atoms with Crippen molar-refractivity contribution in [3.05, 3.63) is 46.3 Å². The predicted octanol–water partition coefficient (Wildman–Crippen LogP) is 3.74. The number of halogens is 1. The minimum Gasteiger partial charge on any atom is -0.463 e. The minimum absolute atomic E-state index is 0.263. The number of rotatable bonds is 4. The zero-order valence-corrected chi connectivity index (χ0v) is 16.9. The van der Waals surface area contributed by atoms with Crippen molar-refractivity contribution in [2.24, 2.45) is 11.8 Å². The molecule has 3 N–H and O–H groups in total. The second kappa shape index (κ2) is 8.78. The van der Waals surface area contributed by atoms with Crippen LogP contribution in [0.15, 0.2) is 46.3 Å². The molecule has 0 aromatic rings. The van der Waals surface area contributed by atoms with E-state index < -0.39 is 0 Å². The Kier molecular flexibility index (Phi) is 6.95. The van der Waals surface area contributed by atoms with Gasteiger partial charge in [-0.1, -0.05) is 42.3 Å². The van der Waals surface area contributed by atoms with Gasteiger partial charge in [-0.15, -0.1) is 0 Å². The molecule has 0 aromatic carbocycles. The third kappa shape index (κ3) is 4.71. The number of esters is 1. The van der Waals surface area contributed by atoms with Crippen molar-refractivity contribution in [3.8, 4) is 0 Å². The number of hydrazine groups is 1. The molecule has 1 aliphatic heterocycles. The maximum atomic E-state index is 12.4. The fourth-order valence-electron chi connectivity index (χ4n) is 3.45. The number of allylic oxidation sites excluding steroid dienone is 5. The van der Waals surface area contributed by atoms with E-state index in [9.17, 15) is 4.79 Å². The van der Waals surface area contributed by atoms with Crippen molar-refractivity contribution in [3.63, 3.8) is 0 Å². The van der Waals surface area contributed by atoms with Crippen LogP contribution in [0.4, 0.5) is 0 Å². The number of ether oxygens (including phenoxy) is 1. The van der Waals surface area contributed by atoms with Crippen molar-refractivity contribution in [2.45, 2.75) is 52.5 Å². The van der Waals surface area contributed by atoms with E-state index in [-0.39, 0.29) is 17.4 Å². The molecule has 2 aliphatic rings. The Hall–Kier alpha value is -1.72. The van der Waals surface area contributed by atoms with Crippen LogP contribution < -0.4 is 11.2 Å². The van der Waals surface area contributed by atoms with E-state index in [1.807, 2.05) is 25.2 Å². The summed E-state index contributed by atoms with van der Waals surface area (Å²) in [5, 5.41) is 5.93. The Morgan fingerprint density at radius 1 is 1.38 bits per heavy atom. The summed E-state index contributed by atoms with van der Waals surface area (Å²) in [6.45, 7) is 8.97. The van der Waals surface area contributed by atoms with E-state index >= 15 is 0 Å². The normalized spacial score (nSPS) is 24.7. The molecule has 1 heterocycles. The maximum Gasteiger partial charge on any atom is 0.337 e. The molecule has 0 amide bonds. The molecule has 1 atom stereocenters. The predicted molar refractivity (Wildman–Crippen MR) is 106 cm³/mol. The van der Waals surface area contributed by atoms with Gasteiger partial charge in [0.25, 0.3) is 0 Å². The molecule has 0 spiro atoms. The van der Waals surface area contributed by atoms with Gasteiger partial charge in [0.15, 0.2) is 0 Å². The lowest BCUT2D eigenvalue weighted by Crippen LogP contribution is -2.50. The van der Waals surface area contributed by atoms with Crippen LogP contribution in [0, 0.1) is 5.92 Å². The van der Waals surface area contributed by atoms with E-state index in [1.165, 1.54) is 5.57 Å². The highest BCUT2D eigenvalue weighted by Gasteiger charge is 2.36. The van der Waals surface area contributed by atoms with Gasteiger partial charge in [-0.2, -0.15) is 0 Å². The number of carbonyl (C=O) groups excluding carboxylic acids is 1. The molecule has 1 unspecified atom stereocenters. The van der Waals surface area contributed by atoms with Crippen LogP contribution in [0.3, 0.4) is 0 Å². The van der Waals surface area contributed by atoms with Crippen LogP contribution in [0.2, 0.25) is 0 Å². The summed E-state index contributed by atoms with van der Waals surface area (Å²) >= 11 is 6.30. The standard InChI is InChI=1S/C20H30ClN3O2/c1-5-17(19(25)26-6-2)18-23-13-15(12-20(3,4)24(18)22)14-9-7-8-10-16(21)11-14/h7-10,15,23H,5-6,11-13,22H2,1-4H3/b18-17+. The number of nitrogens with one attached hydrogen (secondary N) is 1. The van der Waals surface area contributed by atoms with Gasteiger partial charge in [-0.3, -0.25) is 5.01 Å². The number of carbonyl (C=O) groups is 1. The van der Waals surface area contributed by atoms with Gasteiger partial charge < -0.3 is 10.1 Å². The highest BCUT2D eigenvalue weighted by atomic mass is 35.5. The molecule has 26 heavy (non-hydrogen) atoms. The summed E-state index contributed by atoms with van der Waals surface area (Å²) in [5.74, 6) is 7.06. The van der Waals surface area contributed by atoms with Gasteiger partial charge in [0.1, 0.15) is 5.82 Å². The van der Waals surface area contributed by atoms with Crippen LogP contribution in [-0.4, -0.2) is 29.7 Å². The van der Waals surface area contributed by atoms with E-state index in [0.29, 0.717) is 31.0 Å². The molecule has 1 aliphatic carbocycles. The van der Waals surface area contributed by atoms with Gasteiger partial charge in [0, 0.05) is 23.9 Å². The fraction of sp³-hybridized carbons (Fsp3) is 0.550. The van der Waals surface area contributed by atoms with E-state index in [4.69, 9.17) is 22.2 Å². The van der Waals surface area contributed by atoms with Crippen LogP contribution in [0.5, 0.6) is 0 Å². The van der Waals surface area contributed by atoms with Gasteiger partial charge >= 0.3 is 5.97 Å². The van der Waals surface area contributed by atoms with E-state index in [0.717, 1.165) is 17.9 Å². The molecule has 0 saturated carbocycles. The first-order chi connectivity index (χ1) is 12.3. The second-order valence-corrected chi connectivity index (χ2v) is 7.77. The van der Waals surface area contributed by atoms with Crippen LogP contribution in [-0.2, 0) is 9.53 Å². The zero-order valence-electron chi connectivity index (χ0n) is 16.1. The highest BCUT2D eigenvalue weighted by Crippen LogP contribution is 2.35. The highest BCUT2D eigenvalue weighted by molar-refractivity contribution is 6.29. The fourth-order valence-corrected chi connectivity index (χ4v) is 3.68. The SMILES string of the molecule is CCOC(=O)/C(CC)=C1\NCC(C2=CC=CC=C(Cl)C2)CC(C)(C)N1N. The molecule has 5 nitrogen and oxygen atoms in total. The molecule has 1 fully saturated rings.